The lowest BCUT2D eigenvalue weighted by Crippen LogP contribution is -2.48. The summed E-state index contributed by atoms with van der Waals surface area (Å²) in [4.78, 5) is 14.8. The van der Waals surface area contributed by atoms with Gasteiger partial charge >= 0.3 is 0 Å². The summed E-state index contributed by atoms with van der Waals surface area (Å²) in [6.45, 7) is 2.80. The summed E-state index contributed by atoms with van der Waals surface area (Å²) in [5.74, 6) is -1.79. The number of aryl methyl sites for hydroxylation is 2. The molecule has 0 unspecified atom stereocenters. The van der Waals surface area contributed by atoms with E-state index in [2.05, 4.69) is 34.8 Å². The third-order valence-electron chi connectivity index (χ3n) is 7.02. The first kappa shape index (κ1) is 28.6. The second kappa shape index (κ2) is 12.7. The summed E-state index contributed by atoms with van der Waals surface area (Å²) in [6.07, 6.45) is -0.0401. The molecule has 5 aromatic rings. The topological polar surface area (TPSA) is 79.2 Å². The van der Waals surface area contributed by atoms with Crippen molar-refractivity contribution < 1.29 is 18.7 Å². The number of aliphatic hydroxyl groups is 1. The van der Waals surface area contributed by atoms with Gasteiger partial charge in [0.2, 0.25) is 0 Å². The second-order valence-corrected chi connectivity index (χ2v) is 11.1. The summed E-state index contributed by atoms with van der Waals surface area (Å²) in [5.41, 5.74) is 4.37. The van der Waals surface area contributed by atoms with Gasteiger partial charge in [-0.05, 0) is 47.7 Å². The molecule has 2 aromatic heterocycles. The average molecular weight is 575 g/mol. The first-order valence-electron chi connectivity index (χ1n) is 13.5. The molecule has 0 saturated heterocycles. The van der Waals surface area contributed by atoms with Crippen LogP contribution in [0.2, 0.25) is 0 Å². The molecule has 2 atom stereocenters. The predicted molar refractivity (Wildman–Crippen MR) is 159 cm³/mol. The first-order valence-corrected chi connectivity index (χ1v) is 14.4. The number of rotatable bonds is 11. The minimum atomic E-state index is -1.02. The number of hydrogen-bond acceptors (Lipinski definition) is 5. The Labute approximate surface area is 241 Å². The zero-order valence-corrected chi connectivity index (χ0v) is 23.7. The van der Waals surface area contributed by atoms with Crippen molar-refractivity contribution in [2.24, 2.45) is 7.05 Å². The van der Waals surface area contributed by atoms with Crippen LogP contribution in [0.3, 0.4) is 0 Å². The van der Waals surface area contributed by atoms with Crippen molar-refractivity contribution in [2.45, 2.75) is 38.5 Å². The number of nitrogens with one attached hydrogen (secondary N) is 2. The molecule has 0 aliphatic carbocycles. The van der Waals surface area contributed by atoms with Crippen molar-refractivity contribution >= 4 is 27.5 Å². The van der Waals surface area contributed by atoms with Gasteiger partial charge in [0.05, 0.1) is 17.0 Å². The van der Waals surface area contributed by atoms with E-state index in [4.69, 9.17) is 0 Å². The third kappa shape index (κ3) is 6.87. The molecule has 9 heteroatoms. The summed E-state index contributed by atoms with van der Waals surface area (Å²) >= 11 is 1.30. The molecule has 5 rings (SSSR count). The highest BCUT2D eigenvalue weighted by Gasteiger charge is 2.25. The van der Waals surface area contributed by atoms with Crippen LogP contribution in [0.15, 0.2) is 78.9 Å². The maximum Gasteiger partial charge on any atom is 0.261 e. The highest BCUT2D eigenvalue weighted by Crippen LogP contribution is 2.33. The largest absolute Gasteiger partial charge is 0.390 e. The number of benzene rings is 3. The number of thiophene rings is 1. The van der Waals surface area contributed by atoms with Crippen molar-refractivity contribution in [3.63, 3.8) is 0 Å². The van der Waals surface area contributed by atoms with Crippen LogP contribution < -0.4 is 10.6 Å². The molecule has 3 N–H and O–H groups in total. The Kier molecular flexibility index (Phi) is 8.87. The molecule has 2 heterocycles. The van der Waals surface area contributed by atoms with E-state index in [0.717, 1.165) is 39.5 Å². The van der Waals surface area contributed by atoms with E-state index in [1.165, 1.54) is 29.0 Å². The number of aliphatic hydroxyl groups excluding tert-OH is 1. The molecule has 0 spiro atoms. The van der Waals surface area contributed by atoms with Crippen molar-refractivity contribution in [1.29, 1.82) is 0 Å². The number of halogens is 2. The van der Waals surface area contributed by atoms with Gasteiger partial charge in [-0.25, -0.2) is 8.78 Å². The molecule has 0 saturated carbocycles. The van der Waals surface area contributed by atoms with Crippen molar-refractivity contribution in [3.05, 3.63) is 112 Å². The Morgan fingerprint density at radius 2 is 1.71 bits per heavy atom. The minimum absolute atomic E-state index is 0.0519. The van der Waals surface area contributed by atoms with Crippen LogP contribution in [0.4, 0.5) is 8.78 Å². The van der Waals surface area contributed by atoms with Crippen LogP contribution in [-0.4, -0.2) is 39.5 Å². The number of fused-ring (bicyclic) bond motifs is 1. The lowest BCUT2D eigenvalue weighted by molar-refractivity contribution is 0.0833. The maximum atomic E-state index is 13.9. The highest BCUT2D eigenvalue weighted by molar-refractivity contribution is 7.20. The Morgan fingerprint density at radius 1 is 0.976 bits per heavy atom. The fourth-order valence-corrected chi connectivity index (χ4v) is 5.91. The Morgan fingerprint density at radius 3 is 2.44 bits per heavy atom. The van der Waals surface area contributed by atoms with Crippen LogP contribution >= 0.6 is 11.3 Å². The normalized spacial score (nSPS) is 12.9. The smallest absolute Gasteiger partial charge is 0.261 e. The lowest BCUT2D eigenvalue weighted by Gasteiger charge is -2.25. The third-order valence-corrected chi connectivity index (χ3v) is 8.22. The van der Waals surface area contributed by atoms with E-state index in [1.807, 2.05) is 49.5 Å². The number of carbonyl (C=O) groups is 1. The number of aromatic nitrogens is 2. The molecule has 0 radical (unpaired) electrons. The van der Waals surface area contributed by atoms with Gasteiger partial charge in [0.25, 0.3) is 5.91 Å². The van der Waals surface area contributed by atoms with Gasteiger partial charge in [-0.15, -0.1) is 11.3 Å². The summed E-state index contributed by atoms with van der Waals surface area (Å²) in [6, 6.07) is 22.2. The zero-order chi connectivity index (χ0) is 28.9. The number of carbonyl (C=O) groups excluding carboxylic acids is 1. The van der Waals surface area contributed by atoms with E-state index in [1.54, 1.807) is 10.7 Å². The van der Waals surface area contributed by atoms with E-state index in [0.29, 0.717) is 17.0 Å². The molecule has 41 heavy (non-hydrogen) atoms. The Bertz CT molecular complexity index is 1630. The lowest BCUT2D eigenvalue weighted by atomic mass is 10.00. The van der Waals surface area contributed by atoms with Crippen molar-refractivity contribution in [3.8, 4) is 11.3 Å². The molecule has 0 aliphatic heterocycles. The number of nitrogens with zero attached hydrogens (tertiary/aromatic N) is 2. The van der Waals surface area contributed by atoms with E-state index in [9.17, 15) is 18.7 Å². The standard InChI is InChI=1S/C32H32F2N4O2S/c1-3-20-8-7-9-21(12-20)18-35-19-28(39)27(15-22-13-24(33)16-25(34)14-22)36-31(40)29-17-26-30(23-10-5-4-6-11-23)37-38(2)32(26)41-29/h4-14,16-17,27-28,35,39H,3,15,18-19H2,1-2H3,(H,36,40)/t27-,28-/m0/s1. The average Bonchev–Trinajstić information content (AvgIpc) is 3.53. The number of amides is 1. The van der Waals surface area contributed by atoms with Gasteiger partial charge in [0.15, 0.2) is 0 Å². The van der Waals surface area contributed by atoms with Gasteiger partial charge in [-0.1, -0.05) is 61.5 Å². The van der Waals surface area contributed by atoms with Crippen LogP contribution in [0.1, 0.15) is 33.3 Å². The molecule has 0 fully saturated rings. The quantitative estimate of drug-likeness (QED) is 0.191. The van der Waals surface area contributed by atoms with Gasteiger partial charge in [0, 0.05) is 37.2 Å². The summed E-state index contributed by atoms with van der Waals surface area (Å²) in [7, 11) is 1.83. The Hall–Kier alpha value is -3.92. The molecule has 1 amide bonds. The molecule has 0 bridgehead atoms. The van der Waals surface area contributed by atoms with Crippen LogP contribution in [0, 0.1) is 11.6 Å². The first-order chi connectivity index (χ1) is 19.8. The van der Waals surface area contributed by atoms with Gasteiger partial charge in [0.1, 0.15) is 22.2 Å². The SMILES string of the molecule is CCc1cccc(CNC[C@H](O)[C@H](Cc2cc(F)cc(F)c2)NC(=O)c2cc3c(-c4ccccc4)nn(C)c3s2)c1. The molecule has 3 aromatic carbocycles. The fourth-order valence-electron chi connectivity index (χ4n) is 4.93. The Balaban J connectivity index is 1.35. The van der Waals surface area contributed by atoms with Crippen molar-refractivity contribution in [1.82, 2.24) is 20.4 Å². The summed E-state index contributed by atoms with van der Waals surface area (Å²) < 4.78 is 29.6. The van der Waals surface area contributed by atoms with Crippen LogP contribution in [0.5, 0.6) is 0 Å². The predicted octanol–water partition coefficient (Wildman–Crippen LogP) is 5.63. The van der Waals surface area contributed by atoms with Gasteiger partial charge in [-0.2, -0.15) is 5.10 Å². The molecule has 6 nitrogen and oxygen atoms in total. The van der Waals surface area contributed by atoms with Crippen LogP contribution in [0.25, 0.3) is 21.5 Å². The van der Waals surface area contributed by atoms with Crippen molar-refractivity contribution in [2.75, 3.05) is 6.54 Å². The second-order valence-electron chi connectivity index (χ2n) is 10.1. The molecule has 212 valence electrons. The fraction of sp³-hybridized carbons (Fsp3) is 0.250. The highest BCUT2D eigenvalue weighted by atomic mass is 32.1. The molecule has 0 aliphatic rings. The van der Waals surface area contributed by atoms with E-state index < -0.39 is 23.8 Å². The van der Waals surface area contributed by atoms with Gasteiger partial charge < -0.3 is 15.7 Å². The zero-order valence-electron chi connectivity index (χ0n) is 22.9. The van der Waals surface area contributed by atoms with E-state index in [-0.39, 0.29) is 18.9 Å². The van der Waals surface area contributed by atoms with E-state index >= 15 is 0 Å². The maximum absolute atomic E-state index is 13.9. The monoisotopic (exact) mass is 574 g/mol. The summed E-state index contributed by atoms with van der Waals surface area (Å²) in [5, 5.41) is 22.8. The minimum Gasteiger partial charge on any atom is -0.390 e. The molecular weight excluding hydrogens is 542 g/mol. The number of hydrogen-bond donors (Lipinski definition) is 3. The van der Waals surface area contributed by atoms with Gasteiger partial charge in [-0.3, -0.25) is 9.48 Å². The van der Waals surface area contributed by atoms with Crippen LogP contribution in [-0.2, 0) is 26.4 Å². The molecular formula is C32H32F2N4O2S.